The lowest BCUT2D eigenvalue weighted by atomic mass is 9.87. The first-order chi connectivity index (χ1) is 24.5. The van der Waals surface area contributed by atoms with Crippen LogP contribution in [-0.4, -0.2) is 93.7 Å². The van der Waals surface area contributed by atoms with E-state index < -0.39 is 63.0 Å². The lowest BCUT2D eigenvalue weighted by Gasteiger charge is -2.31. The quantitative estimate of drug-likeness (QED) is 0.104. The molecule has 3 rings (SSSR count). The number of hydrogen-bond donors (Lipinski definition) is 4. The summed E-state index contributed by atoms with van der Waals surface area (Å²) in [5.74, 6) is -1.44. The van der Waals surface area contributed by atoms with Crippen LogP contribution >= 0.6 is 0 Å². The number of ether oxygens (including phenoxy) is 8. The van der Waals surface area contributed by atoms with Gasteiger partial charge in [0.25, 0.3) is 0 Å². The minimum atomic E-state index is -1.29. The fourth-order valence-electron chi connectivity index (χ4n) is 5.18. The number of aliphatic hydroxyl groups excluding tert-OH is 4. The molecule has 0 aliphatic heterocycles. The van der Waals surface area contributed by atoms with Gasteiger partial charge in [0.15, 0.2) is 11.5 Å². The Kier molecular flexibility index (Phi) is 14.9. The van der Waals surface area contributed by atoms with Gasteiger partial charge in [0.05, 0.1) is 84.1 Å². The molecule has 0 bridgehead atoms. The van der Waals surface area contributed by atoms with Crippen LogP contribution in [0.2, 0.25) is 0 Å². The topological polar surface area (TPSA) is 206 Å². The van der Waals surface area contributed by atoms with Gasteiger partial charge in [0.1, 0.15) is 31.3 Å². The van der Waals surface area contributed by atoms with Gasteiger partial charge in [0, 0.05) is 11.1 Å². The van der Waals surface area contributed by atoms with E-state index in [-0.39, 0.29) is 69.6 Å². The van der Waals surface area contributed by atoms with Gasteiger partial charge in [-0.2, -0.15) is 0 Å². The van der Waals surface area contributed by atoms with Crippen molar-refractivity contribution in [1.82, 2.24) is 0 Å². The maximum absolute atomic E-state index is 13.4. The Bertz CT molecular complexity index is 1420. The first-order valence-corrected chi connectivity index (χ1v) is 15.7. The van der Waals surface area contributed by atoms with Crippen LogP contribution in [0.5, 0.6) is 28.7 Å². The van der Waals surface area contributed by atoms with E-state index in [0.29, 0.717) is 11.1 Å². The van der Waals surface area contributed by atoms with Gasteiger partial charge in [0.2, 0.25) is 5.75 Å². The number of methoxy groups -OCH3 is 5. The second-order valence-corrected chi connectivity index (χ2v) is 11.3. The summed E-state index contributed by atoms with van der Waals surface area (Å²) in [6, 6.07) is 8.23. The van der Waals surface area contributed by atoms with Gasteiger partial charge in [-0.3, -0.25) is 0 Å². The highest BCUT2D eigenvalue weighted by molar-refractivity contribution is 5.92. The second kappa shape index (κ2) is 18.8. The Hall–Kier alpha value is -5.09. The minimum absolute atomic E-state index is 0.0112. The lowest BCUT2D eigenvalue weighted by molar-refractivity contribution is -0.0382. The zero-order valence-electron chi connectivity index (χ0n) is 29.4. The molecule has 0 saturated carbocycles. The van der Waals surface area contributed by atoms with Crippen LogP contribution in [0, 0.1) is 5.41 Å². The lowest BCUT2D eigenvalue weighted by Crippen LogP contribution is -2.39. The molecule has 0 spiro atoms. The monoisotopic (exact) mass is 716 g/mol. The Morgan fingerprint density at radius 1 is 0.510 bits per heavy atom. The summed E-state index contributed by atoms with van der Waals surface area (Å²) in [4.78, 5) is 40.0. The second-order valence-electron chi connectivity index (χ2n) is 11.3. The van der Waals surface area contributed by atoms with Gasteiger partial charge in [-0.05, 0) is 53.9 Å². The van der Waals surface area contributed by atoms with Crippen LogP contribution in [0.15, 0.2) is 36.4 Å². The maximum atomic E-state index is 13.4. The van der Waals surface area contributed by atoms with E-state index in [4.69, 9.17) is 37.9 Å². The minimum Gasteiger partial charge on any atom is -0.496 e. The highest BCUT2D eigenvalue weighted by Crippen LogP contribution is 2.39. The average Bonchev–Trinajstić information content (AvgIpc) is 3.18. The Labute approximate surface area is 295 Å². The van der Waals surface area contributed by atoms with Crippen molar-refractivity contribution in [3.63, 3.8) is 0 Å². The van der Waals surface area contributed by atoms with Crippen molar-refractivity contribution >= 4 is 17.9 Å². The third kappa shape index (κ3) is 9.38. The van der Waals surface area contributed by atoms with E-state index in [0.717, 1.165) is 0 Å². The normalized spacial score (nSPS) is 11.0. The van der Waals surface area contributed by atoms with Crippen LogP contribution in [0.25, 0.3) is 0 Å². The summed E-state index contributed by atoms with van der Waals surface area (Å²) >= 11 is 0. The van der Waals surface area contributed by atoms with Crippen LogP contribution in [0.4, 0.5) is 0 Å². The highest BCUT2D eigenvalue weighted by atomic mass is 16.6. The Balaban J connectivity index is 1.95. The van der Waals surface area contributed by atoms with Crippen LogP contribution in [0.1, 0.15) is 66.7 Å². The van der Waals surface area contributed by atoms with Gasteiger partial charge in [-0.1, -0.05) is 6.92 Å². The molecular weight excluding hydrogens is 672 g/mol. The molecule has 3 aromatic carbocycles. The summed E-state index contributed by atoms with van der Waals surface area (Å²) in [5, 5.41) is 39.1. The third-order valence-corrected chi connectivity index (χ3v) is 8.35. The molecule has 0 amide bonds. The smallest absolute Gasteiger partial charge is 0.338 e. The number of esters is 3. The molecule has 0 radical (unpaired) electrons. The molecular formula is C36H44O15. The first kappa shape index (κ1) is 40.3. The molecule has 0 unspecified atom stereocenters. The van der Waals surface area contributed by atoms with E-state index in [1.165, 1.54) is 71.9 Å². The van der Waals surface area contributed by atoms with E-state index in [1.54, 1.807) is 6.92 Å². The van der Waals surface area contributed by atoms with E-state index in [1.807, 2.05) is 0 Å². The van der Waals surface area contributed by atoms with Gasteiger partial charge < -0.3 is 58.3 Å². The van der Waals surface area contributed by atoms with Crippen molar-refractivity contribution in [1.29, 1.82) is 0 Å². The van der Waals surface area contributed by atoms with Crippen molar-refractivity contribution in [2.24, 2.45) is 5.41 Å². The Morgan fingerprint density at radius 2 is 0.843 bits per heavy atom. The predicted octanol–water partition coefficient (Wildman–Crippen LogP) is 2.97. The van der Waals surface area contributed by atoms with Gasteiger partial charge >= 0.3 is 17.9 Å². The van der Waals surface area contributed by atoms with Crippen LogP contribution < -0.4 is 23.7 Å². The summed E-state index contributed by atoms with van der Waals surface area (Å²) in [5.41, 5.74) is -0.0905. The van der Waals surface area contributed by atoms with Crippen molar-refractivity contribution in [2.75, 3.05) is 55.4 Å². The molecule has 51 heavy (non-hydrogen) atoms. The fourth-order valence-corrected chi connectivity index (χ4v) is 5.18. The standard InChI is InChI=1S/C36H44O15/c1-7-36(18-49-33(41)21-8-24(14-37)26(16-39)28(10-21)44-2,19-50-34(42)22-9-25(15-38)27(17-40)29(11-22)45-3)20-51-35(43)23-12-30(46-4)32(48-6)31(13-23)47-5/h8-13,37-40H,7,14-20H2,1-6H3. The zero-order valence-corrected chi connectivity index (χ0v) is 29.4. The molecule has 278 valence electrons. The molecule has 4 N–H and O–H groups in total. The molecule has 0 saturated heterocycles. The average molecular weight is 717 g/mol. The molecule has 0 aliphatic rings. The van der Waals surface area contributed by atoms with Crippen molar-refractivity contribution in [3.8, 4) is 28.7 Å². The summed E-state index contributed by atoms with van der Waals surface area (Å²) < 4.78 is 43.6. The van der Waals surface area contributed by atoms with Crippen LogP contribution in [0.3, 0.4) is 0 Å². The fraction of sp³-hybridized carbons (Fsp3) is 0.417. The SMILES string of the molecule is CCC(COC(=O)c1cc(CO)c(CO)c(OC)c1)(COC(=O)c1cc(CO)c(CO)c(OC)c1)COC(=O)c1cc(OC)c(OC)c(OC)c1. The van der Waals surface area contributed by atoms with Gasteiger partial charge in [-0.15, -0.1) is 0 Å². The first-order valence-electron chi connectivity index (χ1n) is 15.7. The number of rotatable bonds is 19. The molecule has 0 fully saturated rings. The number of carbonyl (C=O) groups excluding carboxylic acids is 3. The number of benzene rings is 3. The zero-order chi connectivity index (χ0) is 37.7. The highest BCUT2D eigenvalue weighted by Gasteiger charge is 2.35. The largest absolute Gasteiger partial charge is 0.496 e. The van der Waals surface area contributed by atoms with E-state index in [9.17, 15) is 34.8 Å². The number of hydrogen-bond acceptors (Lipinski definition) is 15. The van der Waals surface area contributed by atoms with Crippen molar-refractivity contribution in [2.45, 2.75) is 39.8 Å². The van der Waals surface area contributed by atoms with E-state index in [2.05, 4.69) is 0 Å². The molecule has 15 heteroatoms. The summed E-state index contributed by atoms with van der Waals surface area (Å²) in [6.45, 7) is -1.31. The molecule has 0 aromatic heterocycles. The van der Waals surface area contributed by atoms with Crippen LogP contribution in [-0.2, 0) is 40.6 Å². The van der Waals surface area contributed by atoms with E-state index >= 15 is 0 Å². The molecule has 0 heterocycles. The predicted molar refractivity (Wildman–Crippen MR) is 179 cm³/mol. The molecule has 3 aromatic rings. The Morgan fingerprint density at radius 3 is 1.12 bits per heavy atom. The van der Waals surface area contributed by atoms with Gasteiger partial charge in [-0.25, -0.2) is 14.4 Å². The summed E-state index contributed by atoms with van der Waals surface area (Å²) in [7, 11) is 6.90. The molecule has 0 aliphatic carbocycles. The third-order valence-electron chi connectivity index (χ3n) is 8.35. The molecule has 15 nitrogen and oxygen atoms in total. The number of aliphatic hydroxyl groups is 4. The molecule has 0 atom stereocenters. The number of carbonyl (C=O) groups is 3. The maximum Gasteiger partial charge on any atom is 0.338 e. The van der Waals surface area contributed by atoms with Crippen molar-refractivity contribution < 1.29 is 72.7 Å². The summed E-state index contributed by atoms with van der Waals surface area (Å²) in [6.07, 6.45) is 0.180. The van der Waals surface area contributed by atoms with Crippen molar-refractivity contribution in [3.05, 3.63) is 75.3 Å².